The number of hydrogen-bond acceptors (Lipinski definition) is 3. The van der Waals surface area contributed by atoms with Gasteiger partial charge in [-0.25, -0.2) is 9.37 Å². The van der Waals surface area contributed by atoms with Gasteiger partial charge in [0.2, 0.25) is 0 Å². The highest BCUT2D eigenvalue weighted by Gasteiger charge is 2.32. The van der Waals surface area contributed by atoms with Crippen molar-refractivity contribution in [3.63, 3.8) is 0 Å². The van der Waals surface area contributed by atoms with Gasteiger partial charge >= 0.3 is 5.97 Å². The molecule has 42 heavy (non-hydrogen) atoms. The van der Waals surface area contributed by atoms with Crippen LogP contribution in [0, 0.1) is 0 Å². The van der Waals surface area contributed by atoms with Gasteiger partial charge in [-0.3, -0.25) is 0 Å². The maximum absolute atomic E-state index is 12.8. The van der Waals surface area contributed by atoms with Crippen molar-refractivity contribution >= 4 is 90.8 Å². The molecule has 0 radical (unpaired) electrons. The van der Waals surface area contributed by atoms with Crippen LogP contribution >= 0.6 is 46.4 Å². The number of carbonyl (C=O) groups is 1. The molecule has 0 spiro atoms. The van der Waals surface area contributed by atoms with Crippen LogP contribution in [0.3, 0.4) is 0 Å². The first-order valence-electron chi connectivity index (χ1n) is 14.0. The SMILES string of the molecule is C[N+](C)=c1ccc2c(ccc3c(-c4c(Cl)c(Cl)c(Cl)c(Cl)c4C(=O)O)c4cc5c6c(c4oc32)CCCN6CCCC5)c1. The molecule has 0 unspecified atom stereocenters. The minimum atomic E-state index is -1.24. The van der Waals surface area contributed by atoms with Crippen molar-refractivity contribution < 1.29 is 14.3 Å². The number of nitrogens with zero attached hydrogens (tertiary/aromatic N) is 2. The molecule has 2 aliphatic rings. The number of hydrogen-bond donors (Lipinski definition) is 1. The Hall–Kier alpha value is -2.96. The predicted octanol–water partition coefficient (Wildman–Crippen LogP) is 8.84. The highest BCUT2D eigenvalue weighted by Crippen LogP contribution is 2.52. The van der Waals surface area contributed by atoms with E-state index in [-0.39, 0.29) is 31.2 Å². The van der Waals surface area contributed by atoms with Gasteiger partial charge in [-0.1, -0.05) is 52.5 Å². The number of aromatic carboxylic acids is 1. The third-order valence-electron chi connectivity index (χ3n) is 8.67. The second-order valence-electron chi connectivity index (χ2n) is 11.3. The van der Waals surface area contributed by atoms with Crippen molar-refractivity contribution in [3.8, 4) is 11.1 Å². The summed E-state index contributed by atoms with van der Waals surface area (Å²) in [5, 5.41) is 14.8. The van der Waals surface area contributed by atoms with Crippen molar-refractivity contribution in [3.05, 3.63) is 78.5 Å². The summed E-state index contributed by atoms with van der Waals surface area (Å²) in [5.41, 5.74) is 5.73. The number of anilines is 1. The molecular weight excluding hydrogens is 614 g/mol. The van der Waals surface area contributed by atoms with Crippen LogP contribution < -0.4 is 14.8 Å². The molecule has 5 nitrogen and oxygen atoms in total. The molecule has 0 saturated heterocycles. The topological polar surface area (TPSA) is 56.7 Å². The summed E-state index contributed by atoms with van der Waals surface area (Å²) in [5.74, 6) is -1.24. The lowest BCUT2D eigenvalue weighted by Crippen LogP contribution is -2.30. The van der Waals surface area contributed by atoms with E-state index in [1.165, 1.54) is 11.3 Å². The van der Waals surface area contributed by atoms with Crippen LogP contribution in [0.15, 0.2) is 40.8 Å². The molecule has 2 aliphatic heterocycles. The quantitative estimate of drug-likeness (QED) is 0.0689. The average molecular weight is 641 g/mol. The zero-order valence-corrected chi connectivity index (χ0v) is 26.1. The molecule has 0 amide bonds. The minimum absolute atomic E-state index is 0.0177. The molecule has 3 heterocycles. The molecule has 1 aromatic heterocycles. The fourth-order valence-electron chi connectivity index (χ4n) is 6.75. The van der Waals surface area contributed by atoms with Crippen molar-refractivity contribution in [1.82, 2.24) is 4.58 Å². The molecule has 7 rings (SSSR count). The zero-order valence-electron chi connectivity index (χ0n) is 23.1. The van der Waals surface area contributed by atoms with Crippen LogP contribution in [0.1, 0.15) is 40.7 Å². The van der Waals surface area contributed by atoms with Gasteiger partial charge in [-0.05, 0) is 61.3 Å². The van der Waals surface area contributed by atoms with Gasteiger partial charge in [-0.15, -0.1) is 0 Å². The van der Waals surface area contributed by atoms with Gasteiger partial charge in [0.25, 0.3) is 0 Å². The third kappa shape index (κ3) is 4.12. The van der Waals surface area contributed by atoms with Gasteiger partial charge in [-0.2, -0.15) is 0 Å². The van der Waals surface area contributed by atoms with Crippen LogP contribution in [0.5, 0.6) is 0 Å². The Morgan fingerprint density at radius 1 is 0.810 bits per heavy atom. The van der Waals surface area contributed by atoms with Crippen molar-refractivity contribution in [1.29, 1.82) is 0 Å². The summed E-state index contributed by atoms with van der Waals surface area (Å²) in [6, 6.07) is 12.4. The minimum Gasteiger partial charge on any atom is -0.478 e. The third-order valence-corrected chi connectivity index (χ3v) is 10.5. The predicted molar refractivity (Wildman–Crippen MR) is 174 cm³/mol. The Balaban J connectivity index is 1.75. The zero-order chi connectivity index (χ0) is 29.4. The molecule has 5 aromatic rings. The van der Waals surface area contributed by atoms with E-state index >= 15 is 0 Å². The van der Waals surface area contributed by atoms with Crippen LogP contribution in [0.2, 0.25) is 20.1 Å². The van der Waals surface area contributed by atoms with Crippen LogP contribution in [-0.2, 0) is 12.8 Å². The van der Waals surface area contributed by atoms with Crippen LogP contribution in [0.25, 0.3) is 43.8 Å². The Kier molecular flexibility index (Phi) is 6.86. The molecule has 214 valence electrons. The first-order valence-corrected chi connectivity index (χ1v) is 15.5. The molecule has 1 N–H and O–H groups in total. The summed E-state index contributed by atoms with van der Waals surface area (Å²) in [4.78, 5) is 15.3. The lowest BCUT2D eigenvalue weighted by molar-refractivity contribution is 0.0698. The number of fused-ring (bicyclic) bond motifs is 5. The molecule has 0 fully saturated rings. The summed E-state index contributed by atoms with van der Waals surface area (Å²) < 4.78 is 8.99. The van der Waals surface area contributed by atoms with Gasteiger partial charge in [0.1, 0.15) is 25.3 Å². The fourth-order valence-corrected chi connectivity index (χ4v) is 7.78. The number of carboxylic acids is 1. The van der Waals surface area contributed by atoms with Gasteiger partial charge < -0.3 is 14.4 Å². The fraction of sp³-hybridized carbons (Fsp3) is 0.273. The first kappa shape index (κ1) is 27.8. The monoisotopic (exact) mass is 639 g/mol. The van der Waals surface area contributed by atoms with Crippen molar-refractivity contribution in [2.24, 2.45) is 0 Å². The van der Waals surface area contributed by atoms with E-state index in [4.69, 9.17) is 50.8 Å². The molecular formula is C33H27Cl4N2O3+. The van der Waals surface area contributed by atoms with Crippen LogP contribution in [-0.4, -0.2) is 38.3 Å². The molecule has 0 aliphatic carbocycles. The van der Waals surface area contributed by atoms with E-state index < -0.39 is 5.97 Å². The molecule has 0 saturated carbocycles. The van der Waals surface area contributed by atoms with E-state index in [0.717, 1.165) is 83.2 Å². The smallest absolute Gasteiger partial charge is 0.337 e. The molecule has 0 atom stereocenters. The van der Waals surface area contributed by atoms with Crippen molar-refractivity contribution in [2.75, 3.05) is 32.1 Å². The summed E-state index contributed by atoms with van der Waals surface area (Å²) >= 11 is 26.5. The normalized spacial score (nSPS) is 14.9. The summed E-state index contributed by atoms with van der Waals surface area (Å²) in [6.45, 7) is 2.03. The maximum Gasteiger partial charge on any atom is 0.337 e. The average Bonchev–Trinajstić information content (AvgIpc) is 3.19. The van der Waals surface area contributed by atoms with Gasteiger partial charge in [0.05, 0.1) is 25.7 Å². The Morgan fingerprint density at radius 3 is 2.31 bits per heavy atom. The molecule has 9 heteroatoms. The summed E-state index contributed by atoms with van der Waals surface area (Å²) in [7, 11) is 4.01. The number of benzene rings is 4. The van der Waals surface area contributed by atoms with E-state index in [0.29, 0.717) is 11.1 Å². The van der Waals surface area contributed by atoms with E-state index in [1.807, 2.05) is 26.2 Å². The van der Waals surface area contributed by atoms with E-state index in [2.05, 4.69) is 33.7 Å². The lowest BCUT2D eigenvalue weighted by atomic mass is 9.87. The highest BCUT2D eigenvalue weighted by atomic mass is 35.5. The van der Waals surface area contributed by atoms with E-state index in [1.54, 1.807) is 0 Å². The Bertz CT molecular complexity index is 2080. The standard InChI is InChI=1S/C33H26Cl4N2O3/c1-38(2)18-9-11-19-16(14-18)8-10-20-23(24-25(33(40)41)27(35)29(37)28(36)26(24)34)22-15-17-6-3-4-12-39-13-5-7-21(30(17)39)32(22)42-31(19)20/h8-11,14-15H,3-7,12-13H2,1-2H3/p+1. The van der Waals surface area contributed by atoms with Gasteiger partial charge in [0, 0.05) is 63.8 Å². The Morgan fingerprint density at radius 2 is 1.55 bits per heavy atom. The number of aryl methyl sites for hydroxylation is 2. The Labute approximate surface area is 262 Å². The largest absolute Gasteiger partial charge is 0.478 e. The van der Waals surface area contributed by atoms with Crippen molar-refractivity contribution in [2.45, 2.75) is 32.1 Å². The highest BCUT2D eigenvalue weighted by molar-refractivity contribution is 6.54. The van der Waals surface area contributed by atoms with Crippen LogP contribution in [0.4, 0.5) is 5.69 Å². The second kappa shape index (κ2) is 10.3. The second-order valence-corrected chi connectivity index (χ2v) is 12.8. The number of carboxylic acid groups (broad SMARTS) is 1. The number of halogens is 4. The summed E-state index contributed by atoms with van der Waals surface area (Å²) in [6.07, 6.45) is 5.00. The first-order chi connectivity index (χ1) is 20.2. The van der Waals surface area contributed by atoms with Gasteiger partial charge in [0.15, 0.2) is 5.36 Å². The molecule has 0 bridgehead atoms. The molecule has 4 aromatic carbocycles. The lowest BCUT2D eigenvalue weighted by Gasteiger charge is -2.32. The number of rotatable bonds is 2. The maximum atomic E-state index is 12.8. The van der Waals surface area contributed by atoms with E-state index in [9.17, 15) is 9.90 Å².